The van der Waals surface area contributed by atoms with Gasteiger partial charge in [-0.25, -0.2) is 9.18 Å². The lowest BCUT2D eigenvalue weighted by molar-refractivity contribution is -0.121. The summed E-state index contributed by atoms with van der Waals surface area (Å²) in [6.07, 6.45) is 0.735. The van der Waals surface area contributed by atoms with Gasteiger partial charge >= 0.3 is 5.97 Å². The van der Waals surface area contributed by atoms with Crippen LogP contribution in [-0.4, -0.2) is 22.5 Å². The molecule has 4 N–H and O–H groups in total. The Kier molecular flexibility index (Phi) is 4.61. The second-order valence-corrected chi connectivity index (χ2v) is 4.28. The van der Waals surface area contributed by atoms with Gasteiger partial charge in [0.05, 0.1) is 16.8 Å². The number of aromatic carboxylic acids is 1. The molecule has 0 aliphatic rings. The molecule has 6 heteroatoms. The molecule has 0 unspecified atom stereocenters. The summed E-state index contributed by atoms with van der Waals surface area (Å²) in [5, 5.41) is 11.3. The first-order valence-electron chi connectivity index (χ1n) is 5.97. The number of carboxylic acid groups (broad SMARTS) is 1. The van der Waals surface area contributed by atoms with Gasteiger partial charge in [0, 0.05) is 0 Å². The minimum absolute atomic E-state index is 0.303. The first-order chi connectivity index (χ1) is 8.85. The van der Waals surface area contributed by atoms with Crippen LogP contribution >= 0.6 is 0 Å². The van der Waals surface area contributed by atoms with E-state index in [1.54, 1.807) is 13.8 Å². The quantitative estimate of drug-likeness (QED) is 0.761. The van der Waals surface area contributed by atoms with Crippen LogP contribution in [0.5, 0.6) is 0 Å². The minimum atomic E-state index is -1.31. The maximum atomic E-state index is 13.6. The summed E-state index contributed by atoms with van der Waals surface area (Å²) in [6.45, 7) is 3.48. The molecule has 0 spiro atoms. The number of carboxylic acids is 1. The van der Waals surface area contributed by atoms with Crippen molar-refractivity contribution in [3.63, 3.8) is 0 Å². The number of nitrogens with one attached hydrogen (secondary N) is 1. The minimum Gasteiger partial charge on any atom is -0.478 e. The third kappa shape index (κ3) is 3.08. The highest BCUT2D eigenvalue weighted by Gasteiger charge is 2.31. The molecule has 1 amide bonds. The number of rotatable bonds is 5. The monoisotopic (exact) mass is 268 g/mol. The van der Waals surface area contributed by atoms with E-state index in [0.717, 1.165) is 6.07 Å². The van der Waals surface area contributed by atoms with Crippen molar-refractivity contribution in [1.29, 1.82) is 0 Å². The van der Waals surface area contributed by atoms with E-state index in [9.17, 15) is 14.0 Å². The molecule has 5 nitrogen and oxygen atoms in total. The highest BCUT2D eigenvalue weighted by Crippen LogP contribution is 2.22. The summed E-state index contributed by atoms with van der Waals surface area (Å²) >= 11 is 0. The number of nitrogens with two attached hydrogens (primary N) is 1. The fourth-order valence-corrected chi connectivity index (χ4v) is 1.64. The molecule has 19 heavy (non-hydrogen) atoms. The van der Waals surface area contributed by atoms with Gasteiger partial charge in [-0.05, 0) is 25.0 Å². The molecule has 0 saturated heterocycles. The molecular formula is C13H17FN2O3. The van der Waals surface area contributed by atoms with Crippen molar-refractivity contribution in [2.45, 2.75) is 32.2 Å². The number of carbonyl (C=O) groups excluding carboxylic acids is 1. The Morgan fingerprint density at radius 1 is 1.37 bits per heavy atom. The molecule has 0 atom stereocenters. The SMILES string of the molecule is CCC(N)(CC)C(=O)Nc1c(F)cccc1C(=O)O. The van der Waals surface area contributed by atoms with Crippen LogP contribution in [0.1, 0.15) is 37.0 Å². The zero-order valence-corrected chi connectivity index (χ0v) is 10.9. The summed E-state index contributed by atoms with van der Waals surface area (Å²) in [6, 6.07) is 3.57. The lowest BCUT2D eigenvalue weighted by Gasteiger charge is -2.25. The number of carbonyl (C=O) groups is 2. The molecule has 0 saturated carbocycles. The van der Waals surface area contributed by atoms with Gasteiger partial charge in [0.1, 0.15) is 5.82 Å². The summed E-state index contributed by atoms with van der Waals surface area (Å²) < 4.78 is 13.6. The van der Waals surface area contributed by atoms with E-state index in [-0.39, 0.29) is 11.3 Å². The van der Waals surface area contributed by atoms with Gasteiger partial charge in [0.15, 0.2) is 0 Å². The van der Waals surface area contributed by atoms with Gasteiger partial charge in [-0.1, -0.05) is 19.9 Å². The Morgan fingerprint density at radius 2 is 1.95 bits per heavy atom. The molecule has 0 fully saturated rings. The van der Waals surface area contributed by atoms with Crippen LogP contribution < -0.4 is 11.1 Å². The number of anilines is 1. The summed E-state index contributed by atoms with van der Waals surface area (Å²) in [5.41, 5.74) is 4.09. The lowest BCUT2D eigenvalue weighted by Crippen LogP contribution is -2.50. The van der Waals surface area contributed by atoms with Crippen LogP contribution in [0.15, 0.2) is 18.2 Å². The lowest BCUT2D eigenvalue weighted by atomic mass is 9.93. The normalized spacial score (nSPS) is 11.2. The molecule has 0 aromatic heterocycles. The van der Waals surface area contributed by atoms with Crippen LogP contribution in [0.4, 0.5) is 10.1 Å². The van der Waals surface area contributed by atoms with Crippen LogP contribution in [0, 0.1) is 5.82 Å². The van der Waals surface area contributed by atoms with E-state index in [1.165, 1.54) is 12.1 Å². The summed E-state index contributed by atoms with van der Waals surface area (Å²) in [4.78, 5) is 23.0. The van der Waals surface area contributed by atoms with Crippen molar-refractivity contribution in [2.24, 2.45) is 5.73 Å². The first kappa shape index (κ1) is 15.1. The maximum Gasteiger partial charge on any atom is 0.337 e. The molecule has 0 aliphatic carbocycles. The smallest absolute Gasteiger partial charge is 0.337 e. The van der Waals surface area contributed by atoms with Crippen molar-refractivity contribution in [3.05, 3.63) is 29.6 Å². The Labute approximate surface area is 110 Å². The largest absolute Gasteiger partial charge is 0.478 e. The van der Waals surface area contributed by atoms with Crippen molar-refractivity contribution < 1.29 is 19.1 Å². The highest BCUT2D eigenvalue weighted by molar-refractivity contribution is 6.03. The molecule has 0 heterocycles. The van der Waals surface area contributed by atoms with Gasteiger partial charge < -0.3 is 16.2 Å². The first-order valence-corrected chi connectivity index (χ1v) is 5.97. The highest BCUT2D eigenvalue weighted by atomic mass is 19.1. The van der Waals surface area contributed by atoms with Crippen LogP contribution in [0.25, 0.3) is 0 Å². The van der Waals surface area contributed by atoms with E-state index in [2.05, 4.69) is 5.32 Å². The third-order valence-corrected chi connectivity index (χ3v) is 3.20. The Morgan fingerprint density at radius 3 is 2.42 bits per heavy atom. The van der Waals surface area contributed by atoms with Crippen LogP contribution in [0.2, 0.25) is 0 Å². The predicted molar refractivity (Wildman–Crippen MR) is 69.5 cm³/mol. The van der Waals surface area contributed by atoms with Crippen LogP contribution in [-0.2, 0) is 4.79 Å². The number of amides is 1. The van der Waals surface area contributed by atoms with Gasteiger partial charge in [-0.2, -0.15) is 0 Å². The zero-order chi connectivity index (χ0) is 14.6. The maximum absolute atomic E-state index is 13.6. The van der Waals surface area contributed by atoms with Crippen molar-refractivity contribution in [1.82, 2.24) is 0 Å². The van der Waals surface area contributed by atoms with Gasteiger partial charge in [0.2, 0.25) is 5.91 Å². The molecular weight excluding hydrogens is 251 g/mol. The molecule has 1 aromatic carbocycles. The number of hydrogen-bond acceptors (Lipinski definition) is 3. The Balaban J connectivity index is 3.13. The van der Waals surface area contributed by atoms with Crippen molar-refractivity contribution in [2.75, 3.05) is 5.32 Å². The zero-order valence-electron chi connectivity index (χ0n) is 10.9. The molecule has 0 bridgehead atoms. The second-order valence-electron chi connectivity index (χ2n) is 4.28. The fourth-order valence-electron chi connectivity index (χ4n) is 1.64. The molecule has 1 rings (SSSR count). The number of para-hydroxylation sites is 1. The summed E-state index contributed by atoms with van der Waals surface area (Å²) in [5.74, 6) is -2.71. The molecule has 1 aromatic rings. The van der Waals surface area contributed by atoms with E-state index in [1.807, 2.05) is 0 Å². The molecule has 0 aliphatic heterocycles. The van der Waals surface area contributed by atoms with Crippen molar-refractivity contribution >= 4 is 17.6 Å². The Bertz CT molecular complexity index is 499. The van der Waals surface area contributed by atoms with E-state index >= 15 is 0 Å². The number of halogens is 1. The Hall–Kier alpha value is -1.95. The average Bonchev–Trinajstić information content (AvgIpc) is 2.39. The van der Waals surface area contributed by atoms with E-state index in [4.69, 9.17) is 10.8 Å². The molecule has 0 radical (unpaired) electrons. The topological polar surface area (TPSA) is 92.4 Å². The summed E-state index contributed by atoms with van der Waals surface area (Å²) in [7, 11) is 0. The molecule has 104 valence electrons. The van der Waals surface area contributed by atoms with Gasteiger partial charge in [-0.3, -0.25) is 4.79 Å². The number of benzene rings is 1. The van der Waals surface area contributed by atoms with Crippen LogP contribution in [0.3, 0.4) is 0 Å². The average molecular weight is 268 g/mol. The van der Waals surface area contributed by atoms with E-state index < -0.39 is 23.2 Å². The predicted octanol–water partition coefficient (Wildman–Crippen LogP) is 1.98. The van der Waals surface area contributed by atoms with E-state index in [0.29, 0.717) is 12.8 Å². The second kappa shape index (κ2) is 5.79. The van der Waals surface area contributed by atoms with Gasteiger partial charge in [-0.15, -0.1) is 0 Å². The number of hydrogen-bond donors (Lipinski definition) is 3. The van der Waals surface area contributed by atoms with Gasteiger partial charge in [0.25, 0.3) is 0 Å². The third-order valence-electron chi connectivity index (χ3n) is 3.20. The fraction of sp³-hybridized carbons (Fsp3) is 0.385. The standard InChI is InChI=1S/C13H17FN2O3/c1-3-13(15,4-2)12(19)16-10-8(11(17)18)6-5-7-9(10)14/h5-7H,3-4,15H2,1-2H3,(H,16,19)(H,17,18). The van der Waals surface area contributed by atoms with Crippen molar-refractivity contribution in [3.8, 4) is 0 Å².